The third-order valence-electron chi connectivity index (χ3n) is 3.42. The number of rotatable bonds is 5. The van der Waals surface area contributed by atoms with Crippen molar-refractivity contribution in [3.8, 4) is 0 Å². The molecule has 0 radical (unpaired) electrons. The minimum atomic E-state index is -4.39. The second-order valence-corrected chi connectivity index (χ2v) is 7.66. The second-order valence-electron chi connectivity index (χ2n) is 5.03. The molecule has 0 fully saturated rings. The standard InChI is InChI=1S/C17H13F2NO2S2/c18-13-8-4-9-14(19)17(13)24(21,22)20-16(15-10-5-11-23-15)12-6-2-1-3-7-12/h1-11,16,20H/t16-/m1/s1. The van der Waals surface area contributed by atoms with Crippen LogP contribution in [0.3, 0.4) is 0 Å². The van der Waals surface area contributed by atoms with Crippen LogP contribution in [0.25, 0.3) is 0 Å². The van der Waals surface area contributed by atoms with Gasteiger partial charge in [-0.2, -0.15) is 4.72 Å². The van der Waals surface area contributed by atoms with Crippen LogP contribution in [0.15, 0.2) is 70.9 Å². The van der Waals surface area contributed by atoms with Crippen LogP contribution in [0.1, 0.15) is 16.5 Å². The van der Waals surface area contributed by atoms with Gasteiger partial charge in [-0.25, -0.2) is 17.2 Å². The summed E-state index contributed by atoms with van der Waals surface area (Å²) in [5.74, 6) is -2.25. The van der Waals surface area contributed by atoms with Crippen molar-refractivity contribution >= 4 is 21.4 Å². The summed E-state index contributed by atoms with van der Waals surface area (Å²) in [7, 11) is -4.39. The van der Waals surface area contributed by atoms with E-state index in [2.05, 4.69) is 4.72 Å². The van der Waals surface area contributed by atoms with Gasteiger partial charge in [0.1, 0.15) is 11.6 Å². The summed E-state index contributed by atoms with van der Waals surface area (Å²) in [6, 6.07) is 14.6. The topological polar surface area (TPSA) is 46.2 Å². The molecule has 0 aliphatic rings. The maximum Gasteiger partial charge on any atom is 0.247 e. The minimum Gasteiger partial charge on any atom is -0.207 e. The Morgan fingerprint density at radius 1 is 0.875 bits per heavy atom. The first-order valence-corrected chi connectivity index (χ1v) is 9.40. The van der Waals surface area contributed by atoms with Crippen LogP contribution in [0.5, 0.6) is 0 Å². The van der Waals surface area contributed by atoms with E-state index in [-0.39, 0.29) is 0 Å². The van der Waals surface area contributed by atoms with Gasteiger partial charge in [0.15, 0.2) is 4.90 Å². The monoisotopic (exact) mass is 365 g/mol. The Morgan fingerprint density at radius 3 is 2.12 bits per heavy atom. The third kappa shape index (κ3) is 3.38. The Balaban J connectivity index is 2.05. The molecule has 0 saturated carbocycles. The van der Waals surface area contributed by atoms with E-state index in [1.165, 1.54) is 11.3 Å². The Labute approximate surface area is 142 Å². The molecule has 1 N–H and O–H groups in total. The number of hydrogen-bond donors (Lipinski definition) is 1. The van der Waals surface area contributed by atoms with Crippen molar-refractivity contribution in [1.29, 1.82) is 0 Å². The van der Waals surface area contributed by atoms with Gasteiger partial charge in [0.05, 0.1) is 6.04 Å². The van der Waals surface area contributed by atoms with Gasteiger partial charge < -0.3 is 0 Å². The highest BCUT2D eigenvalue weighted by Crippen LogP contribution is 2.29. The van der Waals surface area contributed by atoms with Crippen molar-refractivity contribution in [3.63, 3.8) is 0 Å². The van der Waals surface area contributed by atoms with Gasteiger partial charge >= 0.3 is 0 Å². The maximum atomic E-state index is 13.9. The summed E-state index contributed by atoms with van der Waals surface area (Å²) in [4.78, 5) is -0.246. The van der Waals surface area contributed by atoms with Crippen molar-refractivity contribution < 1.29 is 17.2 Å². The molecule has 0 saturated heterocycles. The first-order chi connectivity index (χ1) is 11.5. The van der Waals surface area contributed by atoms with Gasteiger partial charge in [0.2, 0.25) is 10.0 Å². The summed E-state index contributed by atoms with van der Waals surface area (Å²) < 4.78 is 55.3. The smallest absolute Gasteiger partial charge is 0.207 e. The normalized spacial score (nSPS) is 12.9. The maximum absolute atomic E-state index is 13.9. The van der Waals surface area contributed by atoms with Crippen molar-refractivity contribution in [2.75, 3.05) is 0 Å². The Morgan fingerprint density at radius 2 is 1.54 bits per heavy atom. The van der Waals surface area contributed by atoms with Gasteiger partial charge in [-0.05, 0) is 29.1 Å². The molecule has 3 rings (SSSR count). The zero-order valence-corrected chi connectivity index (χ0v) is 14.0. The molecular weight excluding hydrogens is 352 g/mol. The Hall–Kier alpha value is -2.09. The van der Waals surface area contributed by atoms with Gasteiger partial charge in [-0.1, -0.05) is 42.5 Å². The number of hydrogen-bond acceptors (Lipinski definition) is 3. The number of thiophene rings is 1. The lowest BCUT2D eigenvalue weighted by Gasteiger charge is -2.18. The highest BCUT2D eigenvalue weighted by Gasteiger charge is 2.28. The fourth-order valence-corrected chi connectivity index (χ4v) is 4.56. The first-order valence-electron chi connectivity index (χ1n) is 7.04. The van der Waals surface area contributed by atoms with Crippen molar-refractivity contribution in [2.45, 2.75) is 10.9 Å². The molecule has 0 unspecified atom stereocenters. The molecule has 2 aromatic carbocycles. The Bertz CT molecular complexity index is 906. The van der Waals surface area contributed by atoms with Crippen LogP contribution in [0.2, 0.25) is 0 Å². The van der Waals surface area contributed by atoms with Gasteiger partial charge in [-0.3, -0.25) is 0 Å². The average Bonchev–Trinajstić information content (AvgIpc) is 3.07. The number of benzene rings is 2. The first kappa shape index (κ1) is 16.8. The van der Waals surface area contributed by atoms with E-state index < -0.39 is 32.6 Å². The molecule has 1 heterocycles. The van der Waals surface area contributed by atoms with E-state index in [1.807, 2.05) is 5.38 Å². The van der Waals surface area contributed by atoms with Crippen molar-refractivity contribution in [2.24, 2.45) is 0 Å². The Kier molecular flexibility index (Phi) is 4.75. The number of halogens is 2. The molecule has 1 aromatic heterocycles. The van der Waals surface area contributed by atoms with Crippen molar-refractivity contribution in [3.05, 3.63) is 88.1 Å². The fourth-order valence-electron chi connectivity index (χ4n) is 2.34. The molecule has 1 atom stereocenters. The quantitative estimate of drug-likeness (QED) is 0.740. The lowest BCUT2D eigenvalue weighted by Crippen LogP contribution is -2.30. The predicted molar refractivity (Wildman–Crippen MR) is 89.3 cm³/mol. The molecule has 0 aliphatic heterocycles. The molecule has 124 valence electrons. The van der Waals surface area contributed by atoms with E-state index in [9.17, 15) is 17.2 Å². The summed E-state index contributed by atoms with van der Waals surface area (Å²) in [5, 5.41) is 1.81. The highest BCUT2D eigenvalue weighted by atomic mass is 32.2. The molecule has 3 aromatic rings. The number of nitrogens with one attached hydrogen (secondary N) is 1. The van der Waals surface area contributed by atoms with Gasteiger partial charge in [-0.15, -0.1) is 11.3 Å². The van der Waals surface area contributed by atoms with Crippen LogP contribution in [-0.4, -0.2) is 8.42 Å². The molecule has 3 nitrogen and oxygen atoms in total. The molecular formula is C17H13F2NO2S2. The highest BCUT2D eigenvalue weighted by molar-refractivity contribution is 7.89. The van der Waals surface area contributed by atoms with Crippen molar-refractivity contribution in [1.82, 2.24) is 4.72 Å². The molecule has 24 heavy (non-hydrogen) atoms. The van der Waals surface area contributed by atoms with Gasteiger partial charge in [0, 0.05) is 4.88 Å². The van der Waals surface area contributed by atoms with E-state index in [0.717, 1.165) is 23.1 Å². The molecule has 7 heteroatoms. The largest absolute Gasteiger partial charge is 0.247 e. The van der Waals surface area contributed by atoms with Crippen LogP contribution >= 0.6 is 11.3 Å². The SMILES string of the molecule is O=S(=O)(N[C@H](c1ccccc1)c1cccs1)c1c(F)cccc1F. The number of sulfonamides is 1. The minimum absolute atomic E-state index is 0.681. The molecule has 0 bridgehead atoms. The van der Waals surface area contributed by atoms with Crippen LogP contribution in [0, 0.1) is 11.6 Å². The third-order valence-corrected chi connectivity index (χ3v) is 5.83. The lowest BCUT2D eigenvalue weighted by molar-refractivity contribution is 0.511. The van der Waals surface area contributed by atoms with Crippen LogP contribution in [-0.2, 0) is 10.0 Å². The molecule has 0 spiro atoms. The molecule has 0 aliphatic carbocycles. The second kappa shape index (κ2) is 6.80. The summed E-state index contributed by atoms with van der Waals surface area (Å²) in [6.45, 7) is 0. The van der Waals surface area contributed by atoms with E-state index >= 15 is 0 Å². The average molecular weight is 365 g/mol. The van der Waals surface area contributed by atoms with E-state index in [4.69, 9.17) is 0 Å². The zero-order valence-electron chi connectivity index (χ0n) is 12.3. The lowest BCUT2D eigenvalue weighted by atomic mass is 10.1. The summed E-state index contributed by atoms with van der Waals surface area (Å²) >= 11 is 1.36. The van der Waals surface area contributed by atoms with Crippen LogP contribution in [0.4, 0.5) is 8.78 Å². The van der Waals surface area contributed by atoms with Crippen LogP contribution < -0.4 is 4.72 Å². The summed E-state index contributed by atoms with van der Waals surface area (Å²) in [6.07, 6.45) is 0. The predicted octanol–water partition coefficient (Wildman–Crippen LogP) is 4.09. The zero-order chi connectivity index (χ0) is 17.2. The van der Waals surface area contributed by atoms with Gasteiger partial charge in [0.25, 0.3) is 0 Å². The molecule has 0 amide bonds. The fraction of sp³-hybridized carbons (Fsp3) is 0.0588. The van der Waals surface area contributed by atoms with E-state index in [1.54, 1.807) is 42.5 Å². The summed E-state index contributed by atoms with van der Waals surface area (Å²) in [5.41, 5.74) is 0.681. The van der Waals surface area contributed by atoms with E-state index in [0.29, 0.717) is 5.56 Å².